The van der Waals surface area contributed by atoms with E-state index in [2.05, 4.69) is 15.3 Å². The molecule has 0 unspecified atom stereocenters. The normalized spacial score (nSPS) is 11.5. The number of furan rings is 1. The summed E-state index contributed by atoms with van der Waals surface area (Å²) in [5.74, 6) is 2.02. The van der Waals surface area contributed by atoms with Crippen LogP contribution in [0.15, 0.2) is 46.9 Å². The second kappa shape index (κ2) is 6.61. The monoisotopic (exact) mass is 410 g/mol. The Morgan fingerprint density at radius 2 is 2.00 bits per heavy atom. The fraction of sp³-hybridized carbons (Fsp3) is 0.150. The van der Waals surface area contributed by atoms with Crippen molar-refractivity contribution < 1.29 is 9.15 Å². The van der Waals surface area contributed by atoms with Gasteiger partial charge in [-0.15, -0.1) is 10.2 Å². The number of hydrogen-bond donors (Lipinski definition) is 0. The molecule has 0 atom stereocenters. The van der Waals surface area contributed by atoms with E-state index in [1.807, 2.05) is 56.3 Å². The van der Waals surface area contributed by atoms with Crippen molar-refractivity contribution >= 4 is 38.9 Å². The van der Waals surface area contributed by atoms with Gasteiger partial charge in [-0.2, -0.15) is 9.61 Å². The molecule has 3 aromatic heterocycles. The van der Waals surface area contributed by atoms with Gasteiger partial charge in [0.1, 0.15) is 17.9 Å². The van der Waals surface area contributed by atoms with Crippen LogP contribution in [0.4, 0.5) is 0 Å². The number of fused-ring (bicyclic) bond motifs is 2. The summed E-state index contributed by atoms with van der Waals surface area (Å²) in [5, 5.41) is 15.7. The van der Waals surface area contributed by atoms with Gasteiger partial charge in [-0.1, -0.05) is 41.1 Å². The van der Waals surface area contributed by atoms with Gasteiger partial charge in [0.2, 0.25) is 10.8 Å². The van der Waals surface area contributed by atoms with E-state index in [4.69, 9.17) is 20.8 Å². The number of benzene rings is 2. The molecule has 0 aliphatic rings. The molecule has 0 amide bonds. The molecule has 0 N–H and O–H groups in total. The third-order valence-corrected chi connectivity index (χ3v) is 5.87. The first-order valence-corrected chi connectivity index (χ1v) is 9.88. The minimum atomic E-state index is 0.341. The van der Waals surface area contributed by atoms with E-state index < -0.39 is 0 Å². The Kier molecular flexibility index (Phi) is 4.07. The van der Waals surface area contributed by atoms with Gasteiger partial charge in [-0.25, -0.2) is 0 Å². The molecule has 28 heavy (non-hydrogen) atoms. The van der Waals surface area contributed by atoms with Crippen LogP contribution >= 0.6 is 22.9 Å². The van der Waals surface area contributed by atoms with Crippen LogP contribution in [0, 0.1) is 13.8 Å². The predicted octanol–water partition coefficient (Wildman–Crippen LogP) is 5.45. The fourth-order valence-electron chi connectivity index (χ4n) is 3.10. The number of halogens is 1. The van der Waals surface area contributed by atoms with Gasteiger partial charge < -0.3 is 9.15 Å². The molecule has 0 aliphatic carbocycles. The minimum absolute atomic E-state index is 0.341. The molecule has 0 saturated heterocycles. The van der Waals surface area contributed by atoms with E-state index in [1.165, 1.54) is 11.3 Å². The average molecular weight is 411 g/mol. The Morgan fingerprint density at radius 1 is 1.14 bits per heavy atom. The first kappa shape index (κ1) is 17.2. The Balaban J connectivity index is 1.46. The van der Waals surface area contributed by atoms with Crippen LogP contribution in [0.1, 0.15) is 16.1 Å². The van der Waals surface area contributed by atoms with Crippen LogP contribution in [0.2, 0.25) is 5.02 Å². The lowest BCUT2D eigenvalue weighted by Crippen LogP contribution is -1.98. The highest BCUT2D eigenvalue weighted by Crippen LogP contribution is 2.32. The summed E-state index contributed by atoms with van der Waals surface area (Å²) in [6.07, 6.45) is 0. The number of aromatic nitrogens is 4. The number of aryl methyl sites for hydroxylation is 2. The van der Waals surface area contributed by atoms with Crippen molar-refractivity contribution in [3.05, 3.63) is 63.6 Å². The van der Waals surface area contributed by atoms with Crippen LogP contribution in [0.3, 0.4) is 0 Å². The lowest BCUT2D eigenvalue weighted by Gasteiger charge is -2.05. The van der Waals surface area contributed by atoms with E-state index in [-0.39, 0.29) is 0 Å². The summed E-state index contributed by atoms with van der Waals surface area (Å²) in [6, 6.07) is 13.5. The quantitative estimate of drug-likeness (QED) is 0.394. The Bertz CT molecular complexity index is 1320. The lowest BCUT2D eigenvalue weighted by atomic mass is 10.1. The average Bonchev–Trinajstić information content (AvgIpc) is 3.36. The van der Waals surface area contributed by atoms with E-state index in [0.717, 1.165) is 37.9 Å². The molecule has 0 fully saturated rings. The smallest absolute Gasteiger partial charge is 0.235 e. The highest BCUT2D eigenvalue weighted by molar-refractivity contribution is 7.16. The second-order valence-corrected chi connectivity index (χ2v) is 7.91. The topological polar surface area (TPSA) is 65.5 Å². The molecule has 6 nitrogen and oxygen atoms in total. The van der Waals surface area contributed by atoms with Crippen LogP contribution in [0.25, 0.3) is 27.5 Å². The number of nitrogens with zero attached hydrogens (tertiary/aromatic N) is 4. The van der Waals surface area contributed by atoms with E-state index in [0.29, 0.717) is 23.2 Å². The van der Waals surface area contributed by atoms with Crippen molar-refractivity contribution in [1.29, 1.82) is 0 Å². The molecule has 0 aliphatic heterocycles. The van der Waals surface area contributed by atoms with Crippen molar-refractivity contribution in [2.75, 3.05) is 0 Å². The maximum absolute atomic E-state index is 6.06. The maximum atomic E-state index is 6.06. The first-order valence-electron chi connectivity index (χ1n) is 8.69. The predicted molar refractivity (Wildman–Crippen MR) is 109 cm³/mol. The molecule has 0 spiro atoms. The van der Waals surface area contributed by atoms with Gasteiger partial charge in [0, 0.05) is 16.0 Å². The van der Waals surface area contributed by atoms with E-state index in [9.17, 15) is 0 Å². The third kappa shape index (κ3) is 2.83. The zero-order valence-corrected chi connectivity index (χ0v) is 16.7. The zero-order valence-electron chi connectivity index (χ0n) is 15.1. The summed E-state index contributed by atoms with van der Waals surface area (Å²) in [7, 11) is 0. The molecule has 0 bridgehead atoms. The number of hydrogen-bond acceptors (Lipinski definition) is 6. The molecular formula is C20H15ClN4O2S. The summed E-state index contributed by atoms with van der Waals surface area (Å²) in [6.45, 7) is 4.30. The molecule has 3 heterocycles. The van der Waals surface area contributed by atoms with Crippen molar-refractivity contribution in [2.24, 2.45) is 0 Å². The molecule has 0 saturated carbocycles. The zero-order chi connectivity index (χ0) is 19.3. The van der Waals surface area contributed by atoms with E-state index in [1.54, 1.807) is 4.52 Å². The summed E-state index contributed by atoms with van der Waals surface area (Å²) in [4.78, 5) is 0.695. The third-order valence-electron chi connectivity index (χ3n) is 4.57. The second-order valence-electron chi connectivity index (χ2n) is 6.47. The van der Waals surface area contributed by atoms with Crippen LogP contribution in [0.5, 0.6) is 5.75 Å². The lowest BCUT2D eigenvalue weighted by molar-refractivity contribution is 0.304. The largest absolute Gasteiger partial charge is 0.486 e. The SMILES string of the molecule is Cc1cc(OCc2nn3c(-c4oc5ccccc5c4C)nnc3s2)ccc1Cl. The van der Waals surface area contributed by atoms with Crippen LogP contribution in [-0.4, -0.2) is 19.8 Å². The Morgan fingerprint density at radius 3 is 2.82 bits per heavy atom. The molecule has 0 radical (unpaired) electrons. The van der Waals surface area contributed by atoms with Crippen molar-refractivity contribution in [3.63, 3.8) is 0 Å². The number of para-hydroxylation sites is 1. The Hall–Kier alpha value is -2.90. The standard InChI is InChI=1S/C20H15ClN4O2S/c1-11-9-13(7-8-15(11)21)26-10-17-24-25-19(22-23-20(25)28-17)18-12(2)14-5-3-4-6-16(14)27-18/h3-9H,10H2,1-2H3. The van der Waals surface area contributed by atoms with E-state index >= 15 is 0 Å². The molecule has 2 aromatic carbocycles. The highest BCUT2D eigenvalue weighted by atomic mass is 35.5. The molecule has 5 rings (SSSR count). The van der Waals surface area contributed by atoms with Crippen LogP contribution < -0.4 is 4.74 Å². The van der Waals surface area contributed by atoms with Gasteiger partial charge in [0.15, 0.2) is 10.8 Å². The van der Waals surface area contributed by atoms with Gasteiger partial charge in [-0.05, 0) is 43.7 Å². The summed E-state index contributed by atoms with van der Waals surface area (Å²) < 4.78 is 13.6. The van der Waals surface area contributed by atoms with Crippen molar-refractivity contribution in [1.82, 2.24) is 19.8 Å². The van der Waals surface area contributed by atoms with Gasteiger partial charge in [-0.3, -0.25) is 0 Å². The fourth-order valence-corrected chi connectivity index (χ4v) is 3.96. The number of rotatable bonds is 4. The van der Waals surface area contributed by atoms with Crippen molar-refractivity contribution in [3.8, 4) is 17.3 Å². The Labute approximate surface area is 169 Å². The van der Waals surface area contributed by atoms with Crippen LogP contribution in [-0.2, 0) is 6.61 Å². The van der Waals surface area contributed by atoms with Gasteiger partial charge in [0.05, 0.1) is 0 Å². The van der Waals surface area contributed by atoms with Gasteiger partial charge >= 0.3 is 0 Å². The highest BCUT2D eigenvalue weighted by Gasteiger charge is 2.20. The first-order chi connectivity index (χ1) is 13.6. The minimum Gasteiger partial charge on any atom is -0.486 e. The number of ether oxygens (including phenoxy) is 1. The summed E-state index contributed by atoms with van der Waals surface area (Å²) >= 11 is 7.50. The maximum Gasteiger partial charge on any atom is 0.235 e. The molecule has 8 heteroatoms. The molecule has 140 valence electrons. The van der Waals surface area contributed by atoms with Crippen molar-refractivity contribution in [2.45, 2.75) is 20.5 Å². The summed E-state index contributed by atoms with van der Waals surface area (Å²) in [5.41, 5.74) is 2.82. The molecular weight excluding hydrogens is 396 g/mol. The molecule has 5 aromatic rings. The van der Waals surface area contributed by atoms with Gasteiger partial charge in [0.25, 0.3) is 0 Å².